The first-order valence-electron chi connectivity index (χ1n) is 9.77. The van der Waals surface area contributed by atoms with Crippen molar-refractivity contribution in [3.8, 4) is 22.9 Å². The second kappa shape index (κ2) is 7.67. The molecule has 4 rings (SSSR count). The molecule has 0 amide bonds. The van der Waals surface area contributed by atoms with E-state index in [4.69, 9.17) is 20.3 Å². The van der Waals surface area contributed by atoms with Gasteiger partial charge in [-0.15, -0.1) is 5.10 Å². The van der Waals surface area contributed by atoms with Crippen molar-refractivity contribution in [3.63, 3.8) is 0 Å². The van der Waals surface area contributed by atoms with Crippen LogP contribution in [0.4, 0.5) is 5.82 Å². The molecule has 0 saturated carbocycles. The van der Waals surface area contributed by atoms with Crippen molar-refractivity contribution in [3.05, 3.63) is 36.4 Å². The van der Waals surface area contributed by atoms with Crippen LogP contribution in [0.1, 0.15) is 31.9 Å². The molecule has 0 radical (unpaired) electrons. The molecule has 4 aromatic rings. The van der Waals surface area contributed by atoms with Crippen LogP contribution in [0.25, 0.3) is 28.4 Å². The van der Waals surface area contributed by atoms with Crippen molar-refractivity contribution in [2.45, 2.75) is 33.2 Å². The predicted octanol–water partition coefficient (Wildman–Crippen LogP) is 2.68. The summed E-state index contributed by atoms with van der Waals surface area (Å²) in [5.74, 6) is 1.94. The SMILES string of the molecule is Cc1c(-c2ccn(C(C)C)n2)cn2nc(-c3nccn3C)nc(NCCCO)c12. The molecule has 0 unspecified atom stereocenters. The van der Waals surface area contributed by atoms with Crippen molar-refractivity contribution >= 4 is 11.3 Å². The van der Waals surface area contributed by atoms with Crippen LogP contribution in [-0.2, 0) is 7.05 Å². The van der Waals surface area contributed by atoms with Gasteiger partial charge in [-0.25, -0.2) is 14.5 Å². The molecule has 0 spiro atoms. The van der Waals surface area contributed by atoms with E-state index < -0.39 is 0 Å². The van der Waals surface area contributed by atoms with Crippen LogP contribution in [-0.4, -0.2) is 52.2 Å². The first-order chi connectivity index (χ1) is 14.0. The second-order valence-corrected chi connectivity index (χ2v) is 7.39. The highest BCUT2D eigenvalue weighted by Gasteiger charge is 2.19. The van der Waals surface area contributed by atoms with Crippen molar-refractivity contribution < 1.29 is 5.11 Å². The normalized spacial score (nSPS) is 11.7. The summed E-state index contributed by atoms with van der Waals surface area (Å²) in [6.45, 7) is 7.00. The van der Waals surface area contributed by atoms with Crippen molar-refractivity contribution in [1.29, 1.82) is 0 Å². The molecule has 0 saturated heterocycles. The summed E-state index contributed by atoms with van der Waals surface area (Å²) in [6, 6.07) is 2.32. The summed E-state index contributed by atoms with van der Waals surface area (Å²) in [5.41, 5.74) is 3.87. The van der Waals surface area contributed by atoms with Gasteiger partial charge in [0.15, 0.2) is 11.6 Å². The molecule has 9 heteroatoms. The van der Waals surface area contributed by atoms with Gasteiger partial charge in [-0.05, 0) is 38.8 Å². The van der Waals surface area contributed by atoms with Crippen LogP contribution in [0.5, 0.6) is 0 Å². The Kier molecular flexibility index (Phi) is 5.06. The van der Waals surface area contributed by atoms with Crippen LogP contribution in [0.15, 0.2) is 30.9 Å². The molecule has 29 heavy (non-hydrogen) atoms. The van der Waals surface area contributed by atoms with Gasteiger partial charge in [0, 0.05) is 56.6 Å². The summed E-state index contributed by atoms with van der Waals surface area (Å²) in [6.07, 6.45) is 8.22. The van der Waals surface area contributed by atoms with E-state index in [2.05, 4.69) is 31.1 Å². The number of rotatable bonds is 7. The number of anilines is 1. The maximum absolute atomic E-state index is 9.15. The highest BCUT2D eigenvalue weighted by molar-refractivity contribution is 5.82. The van der Waals surface area contributed by atoms with Gasteiger partial charge in [-0.1, -0.05) is 0 Å². The van der Waals surface area contributed by atoms with Gasteiger partial charge in [0.1, 0.15) is 5.52 Å². The Bertz CT molecular complexity index is 1140. The number of aliphatic hydroxyl groups is 1. The minimum absolute atomic E-state index is 0.123. The Morgan fingerprint density at radius 1 is 1.21 bits per heavy atom. The lowest BCUT2D eigenvalue weighted by Gasteiger charge is -2.10. The first kappa shape index (κ1) is 19.1. The quantitative estimate of drug-likeness (QED) is 0.468. The summed E-state index contributed by atoms with van der Waals surface area (Å²) >= 11 is 0. The molecular weight excluding hydrogens is 368 g/mol. The van der Waals surface area contributed by atoms with Gasteiger partial charge >= 0.3 is 0 Å². The summed E-state index contributed by atoms with van der Waals surface area (Å²) < 4.78 is 5.68. The van der Waals surface area contributed by atoms with Gasteiger partial charge in [0.25, 0.3) is 0 Å². The topological polar surface area (TPSA) is 98.1 Å². The Labute approximate surface area is 169 Å². The third kappa shape index (κ3) is 3.49. The van der Waals surface area contributed by atoms with Crippen molar-refractivity contribution in [2.75, 3.05) is 18.5 Å². The highest BCUT2D eigenvalue weighted by atomic mass is 16.3. The first-order valence-corrected chi connectivity index (χ1v) is 9.77. The van der Waals surface area contributed by atoms with Crippen LogP contribution in [0.3, 0.4) is 0 Å². The molecule has 9 nitrogen and oxygen atoms in total. The molecule has 2 N–H and O–H groups in total. The fraction of sp³-hybridized carbons (Fsp3) is 0.400. The van der Waals surface area contributed by atoms with Gasteiger partial charge in [-0.2, -0.15) is 5.10 Å². The molecule has 0 atom stereocenters. The molecule has 4 heterocycles. The lowest BCUT2D eigenvalue weighted by atomic mass is 10.1. The van der Waals surface area contributed by atoms with Crippen molar-refractivity contribution in [1.82, 2.24) is 33.9 Å². The third-order valence-electron chi connectivity index (χ3n) is 4.95. The second-order valence-electron chi connectivity index (χ2n) is 7.39. The Hall–Kier alpha value is -3.20. The third-order valence-corrected chi connectivity index (χ3v) is 4.95. The molecule has 4 aromatic heterocycles. The van der Waals surface area contributed by atoms with Gasteiger partial charge in [0.2, 0.25) is 5.82 Å². The van der Waals surface area contributed by atoms with Gasteiger partial charge in [-0.3, -0.25) is 4.68 Å². The van der Waals surface area contributed by atoms with E-state index >= 15 is 0 Å². The number of aryl methyl sites for hydroxylation is 2. The molecule has 0 aliphatic rings. The number of fused-ring (bicyclic) bond motifs is 1. The minimum Gasteiger partial charge on any atom is -0.396 e. The van der Waals surface area contributed by atoms with E-state index in [1.165, 1.54) is 0 Å². The fourth-order valence-corrected chi connectivity index (χ4v) is 3.34. The average Bonchev–Trinajstić information content (AvgIpc) is 3.40. The van der Waals surface area contributed by atoms with Crippen LogP contribution >= 0.6 is 0 Å². The molecule has 0 bridgehead atoms. The molecule has 0 aliphatic heterocycles. The van der Waals surface area contributed by atoms with E-state index in [0.29, 0.717) is 30.7 Å². The number of hydrogen-bond donors (Lipinski definition) is 2. The van der Waals surface area contributed by atoms with E-state index in [1.54, 1.807) is 6.20 Å². The molecule has 0 fully saturated rings. The molecular formula is C20H26N8O. The highest BCUT2D eigenvalue weighted by Crippen LogP contribution is 2.31. The zero-order chi connectivity index (χ0) is 20.5. The standard InChI is InChI=1S/C20H26N8O/c1-13(2)27-9-6-16(24-27)15-12-28-17(14(15)3)18(21-7-5-11-29)23-19(25-28)20-22-8-10-26(20)4/h6,8-10,12-13,29H,5,7,11H2,1-4H3,(H,21,23,25). The lowest BCUT2D eigenvalue weighted by Crippen LogP contribution is -2.10. The number of nitrogens with zero attached hydrogens (tertiary/aromatic N) is 7. The monoisotopic (exact) mass is 394 g/mol. The predicted molar refractivity (Wildman–Crippen MR) is 112 cm³/mol. The average molecular weight is 394 g/mol. The summed E-state index contributed by atoms with van der Waals surface area (Å²) in [7, 11) is 1.92. The van der Waals surface area contributed by atoms with E-state index in [-0.39, 0.29) is 6.61 Å². The Morgan fingerprint density at radius 3 is 2.69 bits per heavy atom. The van der Waals surface area contributed by atoms with Crippen molar-refractivity contribution in [2.24, 2.45) is 7.05 Å². The lowest BCUT2D eigenvalue weighted by molar-refractivity contribution is 0.292. The zero-order valence-corrected chi connectivity index (χ0v) is 17.2. The van der Waals surface area contributed by atoms with E-state index in [0.717, 1.165) is 28.2 Å². The number of hydrogen-bond acceptors (Lipinski definition) is 6. The Balaban J connectivity index is 1.86. The van der Waals surface area contributed by atoms with Crippen LogP contribution < -0.4 is 5.32 Å². The smallest absolute Gasteiger partial charge is 0.218 e. The van der Waals surface area contributed by atoms with Crippen LogP contribution in [0, 0.1) is 6.92 Å². The van der Waals surface area contributed by atoms with Crippen LogP contribution in [0.2, 0.25) is 0 Å². The number of nitrogens with one attached hydrogen (secondary N) is 1. The van der Waals surface area contributed by atoms with E-state index in [9.17, 15) is 0 Å². The zero-order valence-electron chi connectivity index (χ0n) is 17.2. The Morgan fingerprint density at radius 2 is 2.03 bits per heavy atom. The molecule has 0 aromatic carbocycles. The van der Waals surface area contributed by atoms with E-state index in [1.807, 2.05) is 45.5 Å². The molecule has 152 valence electrons. The molecule has 0 aliphatic carbocycles. The fourth-order valence-electron chi connectivity index (χ4n) is 3.34. The number of aromatic nitrogens is 7. The largest absolute Gasteiger partial charge is 0.396 e. The summed E-state index contributed by atoms with van der Waals surface area (Å²) in [5, 5.41) is 21.9. The van der Waals surface area contributed by atoms with Gasteiger partial charge < -0.3 is 15.0 Å². The van der Waals surface area contributed by atoms with Gasteiger partial charge in [0.05, 0.1) is 5.69 Å². The summed E-state index contributed by atoms with van der Waals surface area (Å²) in [4.78, 5) is 9.13. The minimum atomic E-state index is 0.123. The maximum atomic E-state index is 9.15. The number of imidazole rings is 1. The number of aliphatic hydroxyl groups excluding tert-OH is 1. The maximum Gasteiger partial charge on any atom is 0.218 e.